The van der Waals surface area contributed by atoms with Gasteiger partial charge in [0.1, 0.15) is 0 Å². The van der Waals surface area contributed by atoms with Crippen molar-refractivity contribution in [1.29, 1.82) is 0 Å². The second-order valence-electron chi connectivity index (χ2n) is 6.26. The minimum atomic E-state index is 0.640. The highest BCUT2D eigenvalue weighted by molar-refractivity contribution is 5.38. The van der Waals surface area contributed by atoms with Crippen LogP contribution in [0.25, 0.3) is 0 Å². The zero-order valence-electron chi connectivity index (χ0n) is 9.86. The molecule has 0 spiro atoms. The Morgan fingerprint density at radius 1 is 0.875 bits per heavy atom. The fraction of sp³-hybridized carbons (Fsp3) is 0.625. The summed E-state index contributed by atoms with van der Waals surface area (Å²) in [4.78, 5) is 0. The van der Waals surface area contributed by atoms with Gasteiger partial charge in [-0.15, -0.1) is 0 Å². The van der Waals surface area contributed by atoms with Crippen LogP contribution in [0.1, 0.15) is 44.1 Å². The molecule has 0 aromatic heterocycles. The Balaban J connectivity index is 1.63. The van der Waals surface area contributed by atoms with Gasteiger partial charge in [0.2, 0.25) is 0 Å². The van der Waals surface area contributed by atoms with Crippen LogP contribution < -0.4 is 0 Å². The third-order valence-electron chi connectivity index (χ3n) is 5.66. The predicted octanol–water partition coefficient (Wildman–Crippen LogP) is 4.15. The maximum atomic E-state index is 2.37. The first-order valence-corrected chi connectivity index (χ1v) is 6.96. The Labute approximate surface area is 98.1 Å². The molecule has 0 unspecified atom stereocenters. The molecule has 0 nitrogen and oxygen atoms in total. The smallest absolute Gasteiger partial charge is 0.000798 e. The monoisotopic (exact) mass is 212 g/mol. The average molecular weight is 212 g/mol. The number of rotatable bonds is 2. The molecule has 0 amide bonds. The third kappa shape index (κ3) is 1.01. The molecule has 4 aliphatic carbocycles. The van der Waals surface area contributed by atoms with E-state index in [0.29, 0.717) is 5.41 Å². The molecule has 0 radical (unpaired) electrons. The summed E-state index contributed by atoms with van der Waals surface area (Å²) < 4.78 is 0. The van der Waals surface area contributed by atoms with E-state index in [0.717, 1.165) is 17.8 Å². The van der Waals surface area contributed by atoms with Gasteiger partial charge in [0.05, 0.1) is 0 Å². The SMILES string of the molecule is c1ccc(C23CC(C2)[C@H]3C2CCCC2)cc1. The van der Waals surface area contributed by atoms with Crippen LogP contribution in [0.3, 0.4) is 0 Å². The maximum Gasteiger partial charge on any atom is -0.000798 e. The molecule has 4 saturated carbocycles. The summed E-state index contributed by atoms with van der Waals surface area (Å²) in [7, 11) is 0. The van der Waals surface area contributed by atoms with Gasteiger partial charge < -0.3 is 0 Å². The molecule has 0 heterocycles. The molecule has 2 bridgehead atoms. The van der Waals surface area contributed by atoms with Gasteiger partial charge in [-0.1, -0.05) is 56.0 Å². The minimum absolute atomic E-state index is 0.640. The molecule has 0 N–H and O–H groups in total. The molecule has 16 heavy (non-hydrogen) atoms. The first-order chi connectivity index (χ1) is 7.90. The Morgan fingerprint density at radius 2 is 1.56 bits per heavy atom. The molecule has 4 fully saturated rings. The van der Waals surface area contributed by atoms with Crippen LogP contribution in [0.15, 0.2) is 30.3 Å². The molecule has 84 valence electrons. The van der Waals surface area contributed by atoms with Crippen molar-refractivity contribution < 1.29 is 0 Å². The van der Waals surface area contributed by atoms with Gasteiger partial charge in [-0.2, -0.15) is 0 Å². The van der Waals surface area contributed by atoms with E-state index in [1.807, 2.05) is 0 Å². The Bertz CT molecular complexity index is 380. The highest BCUT2D eigenvalue weighted by atomic mass is 14.7. The van der Waals surface area contributed by atoms with Gasteiger partial charge in [0.15, 0.2) is 0 Å². The molecule has 1 atom stereocenters. The molecule has 0 aliphatic heterocycles. The normalized spacial score (nSPS) is 41.5. The van der Waals surface area contributed by atoms with Gasteiger partial charge >= 0.3 is 0 Å². The molecular formula is C16H20. The summed E-state index contributed by atoms with van der Waals surface area (Å²) in [6.45, 7) is 0. The Kier molecular flexibility index (Phi) is 1.81. The van der Waals surface area contributed by atoms with Crippen LogP contribution in [0.5, 0.6) is 0 Å². The van der Waals surface area contributed by atoms with Crippen LogP contribution in [-0.2, 0) is 5.41 Å². The highest BCUT2D eigenvalue weighted by Crippen LogP contribution is 2.72. The quantitative estimate of drug-likeness (QED) is 0.690. The number of hydrogen-bond acceptors (Lipinski definition) is 0. The minimum Gasteiger partial charge on any atom is -0.0622 e. The van der Waals surface area contributed by atoms with Crippen LogP contribution in [0.2, 0.25) is 0 Å². The summed E-state index contributed by atoms with van der Waals surface area (Å²) in [5, 5.41) is 0. The standard InChI is InChI=1S/C16H20/c1-2-8-14(9-3-1)16-10-13(11-16)15(16)12-6-4-5-7-12/h1-3,8-9,12-13,15H,4-7,10-11H2/t13?,15-,16?/m1/s1. The van der Waals surface area contributed by atoms with E-state index in [2.05, 4.69) is 30.3 Å². The van der Waals surface area contributed by atoms with Crippen molar-refractivity contribution in [3.63, 3.8) is 0 Å². The van der Waals surface area contributed by atoms with Crippen LogP contribution in [0.4, 0.5) is 0 Å². The van der Waals surface area contributed by atoms with Gasteiger partial charge in [-0.3, -0.25) is 0 Å². The second-order valence-corrected chi connectivity index (χ2v) is 6.26. The van der Waals surface area contributed by atoms with Crippen LogP contribution >= 0.6 is 0 Å². The van der Waals surface area contributed by atoms with E-state index in [1.165, 1.54) is 38.5 Å². The molecule has 4 aliphatic rings. The lowest BCUT2D eigenvalue weighted by Gasteiger charge is -2.71. The first-order valence-electron chi connectivity index (χ1n) is 6.96. The van der Waals surface area contributed by atoms with E-state index < -0.39 is 0 Å². The average Bonchev–Trinajstić information content (AvgIpc) is 2.69. The van der Waals surface area contributed by atoms with E-state index >= 15 is 0 Å². The van der Waals surface area contributed by atoms with Crippen molar-refractivity contribution in [2.45, 2.75) is 43.9 Å². The van der Waals surface area contributed by atoms with E-state index in [4.69, 9.17) is 0 Å². The lowest BCUT2D eigenvalue weighted by atomic mass is 9.33. The molecule has 0 heteroatoms. The summed E-state index contributed by atoms with van der Waals surface area (Å²) >= 11 is 0. The maximum absolute atomic E-state index is 2.37. The second kappa shape index (κ2) is 3.12. The summed E-state index contributed by atoms with van der Waals surface area (Å²) in [5.41, 5.74) is 2.29. The highest BCUT2D eigenvalue weighted by Gasteiger charge is 2.67. The van der Waals surface area contributed by atoms with Crippen molar-refractivity contribution in [2.24, 2.45) is 17.8 Å². The van der Waals surface area contributed by atoms with Gasteiger partial charge in [-0.05, 0) is 41.6 Å². The van der Waals surface area contributed by atoms with E-state index in [1.54, 1.807) is 5.56 Å². The van der Waals surface area contributed by atoms with Gasteiger partial charge in [0.25, 0.3) is 0 Å². The van der Waals surface area contributed by atoms with Crippen molar-refractivity contribution in [3.05, 3.63) is 35.9 Å². The van der Waals surface area contributed by atoms with Crippen LogP contribution in [0, 0.1) is 17.8 Å². The van der Waals surface area contributed by atoms with E-state index in [9.17, 15) is 0 Å². The molecule has 5 rings (SSSR count). The molecule has 0 saturated heterocycles. The van der Waals surface area contributed by atoms with Crippen molar-refractivity contribution in [1.82, 2.24) is 0 Å². The molecule has 1 aromatic carbocycles. The van der Waals surface area contributed by atoms with Crippen molar-refractivity contribution >= 4 is 0 Å². The largest absolute Gasteiger partial charge is 0.0622 e. The predicted molar refractivity (Wildman–Crippen MR) is 66.3 cm³/mol. The summed E-state index contributed by atoms with van der Waals surface area (Å²) in [6.07, 6.45) is 9.04. The third-order valence-corrected chi connectivity index (χ3v) is 5.66. The number of benzene rings is 1. The zero-order valence-corrected chi connectivity index (χ0v) is 9.86. The van der Waals surface area contributed by atoms with Crippen LogP contribution in [-0.4, -0.2) is 0 Å². The van der Waals surface area contributed by atoms with Crippen molar-refractivity contribution in [2.75, 3.05) is 0 Å². The topological polar surface area (TPSA) is 0 Å². The zero-order chi connectivity index (χ0) is 10.6. The first kappa shape index (κ1) is 9.27. The van der Waals surface area contributed by atoms with Gasteiger partial charge in [0, 0.05) is 0 Å². The number of hydrogen-bond donors (Lipinski definition) is 0. The molecular weight excluding hydrogens is 192 g/mol. The van der Waals surface area contributed by atoms with Crippen molar-refractivity contribution in [3.8, 4) is 0 Å². The fourth-order valence-corrected chi connectivity index (χ4v) is 4.88. The summed E-state index contributed by atoms with van der Waals surface area (Å²) in [6, 6.07) is 11.3. The fourth-order valence-electron chi connectivity index (χ4n) is 4.88. The molecule has 1 aromatic rings. The Morgan fingerprint density at radius 3 is 2.12 bits per heavy atom. The lowest BCUT2D eigenvalue weighted by molar-refractivity contribution is -0.150. The Hall–Kier alpha value is -0.780. The summed E-state index contributed by atoms with van der Waals surface area (Å²) in [5.74, 6) is 3.24. The lowest BCUT2D eigenvalue weighted by Crippen LogP contribution is -2.66. The van der Waals surface area contributed by atoms with E-state index in [-0.39, 0.29) is 0 Å². The van der Waals surface area contributed by atoms with Gasteiger partial charge in [-0.25, -0.2) is 0 Å².